The Morgan fingerprint density at radius 2 is 1.82 bits per heavy atom. The van der Waals surface area contributed by atoms with E-state index in [0.29, 0.717) is 22.2 Å². The number of ether oxygens (including phenoxy) is 1. The number of hydrogen-bond acceptors (Lipinski definition) is 3. The number of rotatable bonds is 9. The molecule has 5 nitrogen and oxygen atoms in total. The van der Waals surface area contributed by atoms with Crippen molar-refractivity contribution < 1.29 is 14.3 Å². The molecule has 1 aliphatic rings. The molecule has 0 radical (unpaired) electrons. The number of nitrogens with zero attached hydrogens (tertiary/aromatic N) is 1. The van der Waals surface area contributed by atoms with E-state index >= 15 is 0 Å². The van der Waals surface area contributed by atoms with Crippen LogP contribution in [-0.4, -0.2) is 35.4 Å². The molecule has 0 spiro atoms. The number of para-hydroxylation sites is 1. The van der Waals surface area contributed by atoms with Gasteiger partial charge in [-0.05, 0) is 55.5 Å². The highest BCUT2D eigenvalue weighted by molar-refractivity contribution is 6.42. The van der Waals surface area contributed by atoms with Gasteiger partial charge in [0.15, 0.2) is 6.61 Å². The van der Waals surface area contributed by atoms with Crippen LogP contribution < -0.4 is 10.1 Å². The van der Waals surface area contributed by atoms with Gasteiger partial charge in [-0.25, -0.2) is 0 Å². The van der Waals surface area contributed by atoms with Crippen LogP contribution in [0.1, 0.15) is 56.6 Å². The lowest BCUT2D eigenvalue weighted by atomic mass is 9.95. The zero-order chi connectivity index (χ0) is 23.8. The molecule has 2 amide bonds. The fourth-order valence-electron chi connectivity index (χ4n) is 4.24. The minimum Gasteiger partial charge on any atom is -0.484 e. The van der Waals surface area contributed by atoms with Gasteiger partial charge in [-0.2, -0.15) is 0 Å². The molecule has 7 heteroatoms. The number of amides is 2. The predicted molar refractivity (Wildman–Crippen MR) is 133 cm³/mol. The zero-order valence-corrected chi connectivity index (χ0v) is 20.8. The maximum absolute atomic E-state index is 13.3. The average molecular weight is 491 g/mol. The monoisotopic (exact) mass is 490 g/mol. The molecule has 2 aromatic carbocycles. The first-order valence-electron chi connectivity index (χ1n) is 11.6. The van der Waals surface area contributed by atoms with Crippen LogP contribution in [0.3, 0.4) is 0 Å². The number of halogens is 2. The van der Waals surface area contributed by atoms with Crippen molar-refractivity contribution in [3.05, 3.63) is 63.6 Å². The highest BCUT2D eigenvalue weighted by atomic mass is 35.5. The Morgan fingerprint density at radius 3 is 2.48 bits per heavy atom. The number of nitrogens with one attached hydrogen (secondary N) is 1. The number of carbonyl (C=O) groups excluding carboxylic acids is 2. The van der Waals surface area contributed by atoms with E-state index in [9.17, 15) is 9.59 Å². The van der Waals surface area contributed by atoms with E-state index in [2.05, 4.69) is 5.32 Å². The summed E-state index contributed by atoms with van der Waals surface area (Å²) in [4.78, 5) is 28.2. The largest absolute Gasteiger partial charge is 0.484 e. The molecule has 1 N–H and O–H groups in total. The van der Waals surface area contributed by atoms with Gasteiger partial charge in [0.1, 0.15) is 11.8 Å². The maximum atomic E-state index is 13.3. The lowest BCUT2D eigenvalue weighted by molar-refractivity contribution is -0.143. The summed E-state index contributed by atoms with van der Waals surface area (Å²) >= 11 is 12.3. The van der Waals surface area contributed by atoms with Crippen LogP contribution in [0, 0.1) is 6.92 Å². The maximum Gasteiger partial charge on any atom is 0.261 e. The van der Waals surface area contributed by atoms with Crippen LogP contribution in [0.4, 0.5) is 0 Å². The zero-order valence-electron chi connectivity index (χ0n) is 19.3. The molecule has 1 fully saturated rings. The third-order valence-corrected chi connectivity index (χ3v) is 6.86. The second-order valence-corrected chi connectivity index (χ2v) is 9.41. The van der Waals surface area contributed by atoms with Gasteiger partial charge in [-0.1, -0.05) is 73.7 Å². The van der Waals surface area contributed by atoms with Gasteiger partial charge in [0.2, 0.25) is 5.91 Å². The molecule has 0 heterocycles. The minimum absolute atomic E-state index is 0.117. The summed E-state index contributed by atoms with van der Waals surface area (Å²) in [7, 11) is 0. The highest BCUT2D eigenvalue weighted by Crippen LogP contribution is 2.25. The summed E-state index contributed by atoms with van der Waals surface area (Å²) in [6.07, 6.45) is 5.92. The van der Waals surface area contributed by atoms with Crippen molar-refractivity contribution >= 4 is 35.0 Å². The van der Waals surface area contributed by atoms with Crippen molar-refractivity contribution in [1.29, 1.82) is 0 Å². The second kappa shape index (κ2) is 12.3. The molecule has 3 rings (SSSR count). The van der Waals surface area contributed by atoms with Gasteiger partial charge in [0.05, 0.1) is 10.0 Å². The van der Waals surface area contributed by atoms with Crippen LogP contribution in [0.15, 0.2) is 42.5 Å². The molecule has 0 aliphatic heterocycles. The quantitative estimate of drug-likeness (QED) is 0.473. The summed E-state index contributed by atoms with van der Waals surface area (Å²) in [6, 6.07) is 12.4. The smallest absolute Gasteiger partial charge is 0.261 e. The fourth-order valence-corrected chi connectivity index (χ4v) is 4.56. The standard InChI is InChI=1S/C26H32Cl2N2O3/c1-3-23(26(32)29-20-10-5-4-6-11-20)30(16-19-13-14-21(27)22(28)15-19)25(31)17-33-24-12-8-7-9-18(24)2/h7-9,12-15,20,23H,3-6,10-11,16-17H2,1-2H3,(H,29,32)/t23-/m0/s1. The Hall–Kier alpha value is -2.24. The molecule has 0 aromatic heterocycles. The molecular weight excluding hydrogens is 459 g/mol. The number of benzene rings is 2. The van der Waals surface area contributed by atoms with E-state index in [1.54, 1.807) is 17.0 Å². The van der Waals surface area contributed by atoms with Gasteiger partial charge in [-0.15, -0.1) is 0 Å². The Morgan fingerprint density at radius 1 is 1.09 bits per heavy atom. The first-order valence-corrected chi connectivity index (χ1v) is 12.4. The first-order chi connectivity index (χ1) is 15.9. The van der Waals surface area contributed by atoms with Crippen molar-refractivity contribution in [2.75, 3.05) is 6.61 Å². The van der Waals surface area contributed by atoms with E-state index in [4.69, 9.17) is 27.9 Å². The molecule has 2 aromatic rings. The number of aryl methyl sites for hydroxylation is 1. The second-order valence-electron chi connectivity index (χ2n) is 8.59. The average Bonchev–Trinajstić information content (AvgIpc) is 2.81. The van der Waals surface area contributed by atoms with Crippen LogP contribution in [0.25, 0.3) is 0 Å². The summed E-state index contributed by atoms with van der Waals surface area (Å²) in [5.74, 6) is 0.281. The third-order valence-electron chi connectivity index (χ3n) is 6.12. The summed E-state index contributed by atoms with van der Waals surface area (Å²) in [5, 5.41) is 4.04. The Balaban J connectivity index is 1.78. The van der Waals surface area contributed by atoms with Crippen molar-refractivity contribution in [1.82, 2.24) is 10.2 Å². The number of hydrogen-bond donors (Lipinski definition) is 1. The lowest BCUT2D eigenvalue weighted by Crippen LogP contribution is -2.52. The van der Waals surface area contributed by atoms with E-state index in [-0.39, 0.29) is 31.0 Å². The SMILES string of the molecule is CC[C@@H](C(=O)NC1CCCCC1)N(Cc1ccc(Cl)c(Cl)c1)C(=O)COc1ccccc1C. The molecule has 33 heavy (non-hydrogen) atoms. The molecule has 1 aliphatic carbocycles. The fraction of sp³-hybridized carbons (Fsp3) is 0.462. The van der Waals surface area contributed by atoms with Gasteiger partial charge in [0, 0.05) is 12.6 Å². The van der Waals surface area contributed by atoms with E-state index < -0.39 is 6.04 Å². The predicted octanol–water partition coefficient (Wildman–Crippen LogP) is 5.94. The molecule has 0 saturated heterocycles. The summed E-state index contributed by atoms with van der Waals surface area (Å²) in [6.45, 7) is 3.94. The first kappa shape index (κ1) is 25.4. The summed E-state index contributed by atoms with van der Waals surface area (Å²) in [5.41, 5.74) is 1.75. The molecule has 0 unspecified atom stereocenters. The Bertz CT molecular complexity index is 960. The minimum atomic E-state index is -0.602. The molecular formula is C26H32Cl2N2O3. The molecule has 178 valence electrons. The summed E-state index contributed by atoms with van der Waals surface area (Å²) < 4.78 is 5.81. The van der Waals surface area contributed by atoms with Crippen molar-refractivity contribution in [2.45, 2.75) is 71.0 Å². The molecule has 1 saturated carbocycles. The number of carbonyl (C=O) groups is 2. The topological polar surface area (TPSA) is 58.6 Å². The van der Waals surface area contributed by atoms with Crippen molar-refractivity contribution in [2.24, 2.45) is 0 Å². The molecule has 0 bridgehead atoms. The van der Waals surface area contributed by atoms with Gasteiger partial charge >= 0.3 is 0 Å². The van der Waals surface area contributed by atoms with Crippen LogP contribution in [-0.2, 0) is 16.1 Å². The normalized spacial score (nSPS) is 15.0. The van der Waals surface area contributed by atoms with Crippen LogP contribution in [0.2, 0.25) is 10.0 Å². The van der Waals surface area contributed by atoms with Gasteiger partial charge in [-0.3, -0.25) is 9.59 Å². The van der Waals surface area contributed by atoms with Crippen LogP contribution >= 0.6 is 23.2 Å². The third kappa shape index (κ3) is 7.12. The Kier molecular flexibility index (Phi) is 9.45. The van der Waals surface area contributed by atoms with Gasteiger partial charge in [0.25, 0.3) is 5.91 Å². The lowest BCUT2D eigenvalue weighted by Gasteiger charge is -2.32. The molecule has 1 atom stereocenters. The van der Waals surface area contributed by atoms with Crippen molar-refractivity contribution in [3.63, 3.8) is 0 Å². The van der Waals surface area contributed by atoms with E-state index in [1.807, 2.05) is 44.2 Å². The van der Waals surface area contributed by atoms with Crippen molar-refractivity contribution in [3.8, 4) is 5.75 Å². The highest BCUT2D eigenvalue weighted by Gasteiger charge is 2.30. The van der Waals surface area contributed by atoms with E-state index in [0.717, 1.165) is 36.8 Å². The van der Waals surface area contributed by atoms with Crippen LogP contribution in [0.5, 0.6) is 5.75 Å². The Labute approximate surface area is 206 Å². The van der Waals surface area contributed by atoms with E-state index in [1.165, 1.54) is 6.42 Å². The van der Waals surface area contributed by atoms with Gasteiger partial charge < -0.3 is 15.0 Å².